The minimum Gasteiger partial charge on any atom is -0.481 e. The normalized spacial score (nSPS) is 17.1. The summed E-state index contributed by atoms with van der Waals surface area (Å²) in [5, 5.41) is 21.6. The highest BCUT2D eigenvalue weighted by Gasteiger charge is 2.41. The van der Waals surface area contributed by atoms with E-state index in [9.17, 15) is 18.4 Å². The number of halogens is 2. The van der Waals surface area contributed by atoms with Crippen molar-refractivity contribution in [2.75, 3.05) is 18.0 Å². The largest absolute Gasteiger partial charge is 0.481 e. The van der Waals surface area contributed by atoms with E-state index in [4.69, 9.17) is 9.84 Å². The molecule has 11 nitrogen and oxygen atoms in total. The Morgan fingerprint density at radius 2 is 2.05 bits per heavy atom. The molecule has 4 rings (SSSR count). The third-order valence-electron chi connectivity index (χ3n) is 6.17. The van der Waals surface area contributed by atoms with Crippen LogP contribution in [0.25, 0.3) is 11.4 Å². The number of hydrogen-bond donors (Lipinski definition) is 1. The van der Waals surface area contributed by atoms with Crippen LogP contribution >= 0.6 is 0 Å². The van der Waals surface area contributed by atoms with Gasteiger partial charge in [0.25, 0.3) is 11.5 Å². The van der Waals surface area contributed by atoms with Gasteiger partial charge in [0, 0.05) is 38.7 Å². The smallest absolute Gasteiger partial charge is 0.303 e. The maximum atomic E-state index is 14.4. The van der Waals surface area contributed by atoms with Crippen molar-refractivity contribution in [2.45, 2.75) is 52.2 Å². The SMILES string of the molecule is CCCn1nc(OCc2c(-c3ccc(N4CC(CC(=O)O)CC(F)(F)C4)c(C)n3)nnn2C)ccc1=O. The number of anilines is 1. The molecule has 1 aliphatic heterocycles. The molecule has 3 aromatic rings. The molecule has 13 heteroatoms. The molecule has 0 radical (unpaired) electrons. The molecule has 0 bridgehead atoms. The predicted octanol–water partition coefficient (Wildman–Crippen LogP) is 2.67. The number of aliphatic carboxylic acids is 1. The molecule has 1 aliphatic rings. The zero-order valence-electron chi connectivity index (χ0n) is 20.9. The average Bonchev–Trinajstić information content (AvgIpc) is 3.18. The first-order chi connectivity index (χ1) is 17.6. The van der Waals surface area contributed by atoms with E-state index >= 15 is 0 Å². The molecule has 1 unspecified atom stereocenters. The zero-order chi connectivity index (χ0) is 26.7. The highest BCUT2D eigenvalue weighted by atomic mass is 19.3. The Balaban J connectivity index is 1.55. The summed E-state index contributed by atoms with van der Waals surface area (Å²) >= 11 is 0. The van der Waals surface area contributed by atoms with Gasteiger partial charge in [-0.05, 0) is 31.4 Å². The van der Waals surface area contributed by atoms with Gasteiger partial charge in [-0.25, -0.2) is 23.1 Å². The van der Waals surface area contributed by atoms with E-state index < -0.39 is 30.8 Å². The molecule has 1 N–H and O–H groups in total. The first-order valence-electron chi connectivity index (χ1n) is 12.0. The molecule has 0 aromatic carbocycles. The number of pyridine rings is 1. The number of aryl methyl sites for hydroxylation is 3. The second-order valence-electron chi connectivity index (χ2n) is 9.24. The van der Waals surface area contributed by atoms with E-state index in [0.29, 0.717) is 35.0 Å². The van der Waals surface area contributed by atoms with Gasteiger partial charge in [0.15, 0.2) is 0 Å². The van der Waals surface area contributed by atoms with Gasteiger partial charge in [-0.15, -0.1) is 10.2 Å². The van der Waals surface area contributed by atoms with Gasteiger partial charge in [-0.1, -0.05) is 12.1 Å². The number of alkyl halides is 2. The predicted molar refractivity (Wildman–Crippen MR) is 130 cm³/mol. The van der Waals surface area contributed by atoms with Crippen LogP contribution in [-0.4, -0.2) is 59.8 Å². The minimum atomic E-state index is -2.99. The molecular weight excluding hydrogens is 488 g/mol. The van der Waals surface area contributed by atoms with E-state index in [1.807, 2.05) is 6.92 Å². The lowest BCUT2D eigenvalue weighted by atomic mass is 9.92. The summed E-state index contributed by atoms with van der Waals surface area (Å²) < 4.78 is 37.4. The van der Waals surface area contributed by atoms with Crippen molar-refractivity contribution in [3.05, 3.63) is 46.0 Å². The molecule has 0 saturated carbocycles. The lowest BCUT2D eigenvalue weighted by Gasteiger charge is -2.39. The van der Waals surface area contributed by atoms with Crippen molar-refractivity contribution in [1.82, 2.24) is 29.8 Å². The highest BCUT2D eigenvalue weighted by molar-refractivity contribution is 5.67. The van der Waals surface area contributed by atoms with Crippen molar-refractivity contribution in [3.63, 3.8) is 0 Å². The number of piperidine rings is 1. The Kier molecular flexibility index (Phi) is 7.50. The van der Waals surface area contributed by atoms with Crippen LogP contribution in [0.3, 0.4) is 0 Å². The number of carbonyl (C=O) groups is 1. The Labute approximate surface area is 211 Å². The quantitative estimate of drug-likeness (QED) is 0.455. The maximum Gasteiger partial charge on any atom is 0.303 e. The second-order valence-corrected chi connectivity index (χ2v) is 9.24. The number of nitrogens with zero attached hydrogens (tertiary/aromatic N) is 7. The van der Waals surface area contributed by atoms with Gasteiger partial charge in [0.05, 0.1) is 30.0 Å². The second kappa shape index (κ2) is 10.6. The Bertz CT molecular complexity index is 1340. The van der Waals surface area contributed by atoms with Gasteiger partial charge >= 0.3 is 5.97 Å². The fourth-order valence-corrected chi connectivity index (χ4v) is 4.55. The highest BCUT2D eigenvalue weighted by Crippen LogP contribution is 2.36. The molecule has 1 saturated heterocycles. The van der Waals surface area contributed by atoms with E-state index in [0.717, 1.165) is 6.42 Å². The standard InChI is InChI=1S/C24H29F2N7O4/c1-4-9-33-21(34)8-7-20(29-33)37-13-19-23(28-30-31(19)3)17-5-6-18(15(2)27-17)32-12-16(10-22(35)36)11-24(25,26)14-32/h5-8,16H,4,9-14H2,1-3H3,(H,35,36). The summed E-state index contributed by atoms with van der Waals surface area (Å²) in [5.41, 5.74) is 2.38. The van der Waals surface area contributed by atoms with E-state index in [2.05, 4.69) is 20.4 Å². The minimum absolute atomic E-state index is 0.0634. The van der Waals surface area contributed by atoms with Crippen molar-refractivity contribution in [3.8, 4) is 17.3 Å². The molecule has 0 aliphatic carbocycles. The average molecular weight is 518 g/mol. The van der Waals surface area contributed by atoms with Gasteiger partial charge in [0.2, 0.25) is 5.88 Å². The molecule has 3 aromatic heterocycles. The summed E-state index contributed by atoms with van der Waals surface area (Å²) in [6.45, 7) is 3.91. The van der Waals surface area contributed by atoms with Crippen LogP contribution < -0.4 is 15.2 Å². The molecule has 198 valence electrons. The van der Waals surface area contributed by atoms with Crippen LogP contribution in [-0.2, 0) is 25.0 Å². The lowest BCUT2D eigenvalue weighted by Crippen LogP contribution is -2.48. The zero-order valence-corrected chi connectivity index (χ0v) is 20.9. The maximum absolute atomic E-state index is 14.4. The number of rotatable bonds is 9. The number of aromatic nitrogens is 6. The Hall–Kier alpha value is -3.90. The molecular formula is C24H29F2N7O4. The van der Waals surface area contributed by atoms with Crippen molar-refractivity contribution < 1.29 is 23.4 Å². The van der Waals surface area contributed by atoms with Gasteiger partial charge < -0.3 is 14.7 Å². The topological polar surface area (TPSA) is 128 Å². The first-order valence-corrected chi connectivity index (χ1v) is 12.0. The lowest BCUT2D eigenvalue weighted by molar-refractivity contribution is -0.139. The molecule has 1 atom stereocenters. The van der Waals surface area contributed by atoms with Gasteiger partial charge in [0.1, 0.15) is 18.0 Å². The van der Waals surface area contributed by atoms with Crippen molar-refractivity contribution in [1.29, 1.82) is 0 Å². The first kappa shape index (κ1) is 26.2. The van der Waals surface area contributed by atoms with Crippen molar-refractivity contribution >= 4 is 11.7 Å². The van der Waals surface area contributed by atoms with Crippen LogP contribution in [0.4, 0.5) is 14.5 Å². The third kappa shape index (κ3) is 6.09. The fourth-order valence-electron chi connectivity index (χ4n) is 4.55. The number of hydrogen-bond acceptors (Lipinski definition) is 8. The number of ether oxygens (including phenoxy) is 1. The van der Waals surface area contributed by atoms with Crippen LogP contribution in [0.2, 0.25) is 0 Å². The van der Waals surface area contributed by atoms with Crippen molar-refractivity contribution in [2.24, 2.45) is 13.0 Å². The Morgan fingerprint density at radius 1 is 1.27 bits per heavy atom. The van der Waals surface area contributed by atoms with Gasteiger partial charge in [-0.3, -0.25) is 9.59 Å². The summed E-state index contributed by atoms with van der Waals surface area (Å²) in [6.07, 6.45) is -0.0128. The molecule has 37 heavy (non-hydrogen) atoms. The van der Waals surface area contributed by atoms with Crippen LogP contribution in [0.15, 0.2) is 29.1 Å². The number of carboxylic acids is 1. The monoisotopic (exact) mass is 517 g/mol. The van der Waals surface area contributed by atoms with E-state index in [-0.39, 0.29) is 31.0 Å². The summed E-state index contributed by atoms with van der Waals surface area (Å²) in [6, 6.07) is 6.27. The van der Waals surface area contributed by atoms with E-state index in [1.54, 1.807) is 30.8 Å². The summed E-state index contributed by atoms with van der Waals surface area (Å²) in [7, 11) is 1.71. The summed E-state index contributed by atoms with van der Waals surface area (Å²) in [4.78, 5) is 29.1. The van der Waals surface area contributed by atoms with E-state index in [1.165, 1.54) is 21.7 Å². The van der Waals surface area contributed by atoms with Crippen LogP contribution in [0.5, 0.6) is 5.88 Å². The van der Waals surface area contributed by atoms with Gasteiger partial charge in [-0.2, -0.15) is 0 Å². The molecule has 0 spiro atoms. The Morgan fingerprint density at radius 3 is 2.76 bits per heavy atom. The number of carboxylic acid groups (broad SMARTS) is 1. The molecule has 0 amide bonds. The van der Waals surface area contributed by atoms with Crippen LogP contribution in [0, 0.1) is 12.8 Å². The molecule has 4 heterocycles. The third-order valence-corrected chi connectivity index (χ3v) is 6.17. The fraction of sp³-hybridized carbons (Fsp3) is 0.500. The summed E-state index contributed by atoms with van der Waals surface area (Å²) in [5.74, 6) is -4.47. The molecule has 1 fully saturated rings. The van der Waals surface area contributed by atoms with Crippen LogP contribution in [0.1, 0.15) is 37.6 Å².